The summed E-state index contributed by atoms with van der Waals surface area (Å²) in [6, 6.07) is 8.67. The summed E-state index contributed by atoms with van der Waals surface area (Å²) in [5.41, 5.74) is 7.18. The van der Waals surface area contributed by atoms with Crippen molar-refractivity contribution in [1.29, 1.82) is 0 Å². The van der Waals surface area contributed by atoms with Crippen molar-refractivity contribution in [1.82, 2.24) is 0 Å². The zero-order valence-electron chi connectivity index (χ0n) is 9.27. The third kappa shape index (κ3) is 1.61. The van der Waals surface area contributed by atoms with Gasteiger partial charge < -0.3 is 10.6 Å². The number of hydrogen-bond donors (Lipinski definition) is 1. The predicted molar refractivity (Wildman–Crippen MR) is 67.9 cm³/mol. The molecule has 0 amide bonds. The van der Waals surface area contributed by atoms with Crippen LogP contribution < -0.4 is 10.6 Å². The van der Waals surface area contributed by atoms with E-state index in [2.05, 4.69) is 17.0 Å². The molecule has 1 aromatic carbocycles. The maximum Gasteiger partial charge on any atom is 0.0440 e. The molecule has 2 bridgehead atoms. The van der Waals surface area contributed by atoms with Crippen molar-refractivity contribution < 1.29 is 0 Å². The number of fused-ring (bicyclic) bond motifs is 2. The van der Waals surface area contributed by atoms with Gasteiger partial charge >= 0.3 is 0 Å². The Labute approximate surface area is 101 Å². The van der Waals surface area contributed by atoms with Crippen molar-refractivity contribution in [2.45, 2.75) is 18.9 Å². The van der Waals surface area contributed by atoms with Crippen molar-refractivity contribution in [2.75, 3.05) is 18.0 Å². The van der Waals surface area contributed by atoms with Gasteiger partial charge in [-0.25, -0.2) is 0 Å². The molecule has 2 N–H and O–H groups in total. The highest BCUT2D eigenvalue weighted by atomic mass is 35.5. The highest BCUT2D eigenvalue weighted by Gasteiger charge is 2.43. The Kier molecular flexibility index (Phi) is 2.56. The third-order valence-electron chi connectivity index (χ3n) is 4.07. The lowest BCUT2D eigenvalue weighted by Crippen LogP contribution is -2.58. The lowest BCUT2D eigenvalue weighted by molar-refractivity contribution is 0.114. The summed E-state index contributed by atoms with van der Waals surface area (Å²) < 4.78 is 0. The molecule has 0 spiro atoms. The van der Waals surface area contributed by atoms with E-state index in [1.807, 2.05) is 12.1 Å². The van der Waals surface area contributed by atoms with E-state index < -0.39 is 0 Å². The molecule has 3 heteroatoms. The van der Waals surface area contributed by atoms with E-state index in [0.717, 1.165) is 23.4 Å². The van der Waals surface area contributed by atoms with E-state index in [0.29, 0.717) is 6.04 Å². The van der Waals surface area contributed by atoms with Crippen LogP contribution in [0.5, 0.6) is 0 Å². The Bertz CT molecular complexity index is 370. The number of piperidine rings is 2. The van der Waals surface area contributed by atoms with Crippen LogP contribution in [0.15, 0.2) is 24.3 Å². The first-order valence-electron chi connectivity index (χ1n) is 6.00. The van der Waals surface area contributed by atoms with Gasteiger partial charge in [-0.3, -0.25) is 0 Å². The molecule has 1 saturated carbocycles. The summed E-state index contributed by atoms with van der Waals surface area (Å²) >= 11 is 5.92. The number of benzene rings is 1. The molecular formula is C13H17ClN2. The van der Waals surface area contributed by atoms with Crippen molar-refractivity contribution in [3.63, 3.8) is 0 Å². The Morgan fingerprint density at radius 2 is 1.94 bits per heavy atom. The number of anilines is 1. The van der Waals surface area contributed by atoms with Crippen LogP contribution >= 0.6 is 11.6 Å². The van der Waals surface area contributed by atoms with Gasteiger partial charge in [-0.2, -0.15) is 0 Å². The Hall–Kier alpha value is -0.730. The molecule has 16 heavy (non-hydrogen) atoms. The molecule has 1 unspecified atom stereocenters. The van der Waals surface area contributed by atoms with E-state index in [4.69, 9.17) is 17.3 Å². The summed E-state index contributed by atoms with van der Waals surface area (Å²) in [5, 5.41) is 0.801. The number of halogens is 1. The van der Waals surface area contributed by atoms with Crippen LogP contribution in [0.4, 0.5) is 5.69 Å². The van der Waals surface area contributed by atoms with E-state index in [1.165, 1.54) is 25.1 Å². The molecule has 4 rings (SSSR count). The molecule has 3 fully saturated rings. The van der Waals surface area contributed by atoms with Gasteiger partial charge in [0.15, 0.2) is 0 Å². The topological polar surface area (TPSA) is 29.3 Å². The number of nitrogens with two attached hydrogens (primary N) is 1. The molecule has 2 saturated heterocycles. The standard InChI is InChI=1S/C13H17ClN2/c14-11-1-3-12(4-2-11)16-8-9-5-10(6-9)13(16)7-15/h1-4,9-10,13H,5-8,15H2. The average molecular weight is 237 g/mol. The fraction of sp³-hybridized carbons (Fsp3) is 0.538. The summed E-state index contributed by atoms with van der Waals surface area (Å²) in [4.78, 5) is 2.47. The molecule has 3 aliphatic rings. The maximum atomic E-state index is 5.92. The summed E-state index contributed by atoms with van der Waals surface area (Å²) in [7, 11) is 0. The first-order chi connectivity index (χ1) is 7.78. The van der Waals surface area contributed by atoms with Crippen molar-refractivity contribution in [2.24, 2.45) is 17.6 Å². The van der Waals surface area contributed by atoms with E-state index in [1.54, 1.807) is 0 Å². The smallest absolute Gasteiger partial charge is 0.0440 e. The second-order valence-electron chi connectivity index (χ2n) is 5.03. The van der Waals surface area contributed by atoms with Crippen LogP contribution in [0.3, 0.4) is 0 Å². The lowest BCUT2D eigenvalue weighted by Gasteiger charge is -2.54. The highest BCUT2D eigenvalue weighted by molar-refractivity contribution is 6.30. The molecule has 1 aromatic rings. The second-order valence-corrected chi connectivity index (χ2v) is 5.47. The third-order valence-corrected chi connectivity index (χ3v) is 4.32. The van der Waals surface area contributed by atoms with Crippen molar-refractivity contribution in [3.8, 4) is 0 Å². The van der Waals surface area contributed by atoms with Crippen molar-refractivity contribution >= 4 is 17.3 Å². The summed E-state index contributed by atoms with van der Waals surface area (Å²) in [6.45, 7) is 1.93. The van der Waals surface area contributed by atoms with Crippen LogP contribution in [0.1, 0.15) is 12.8 Å². The quantitative estimate of drug-likeness (QED) is 0.855. The summed E-state index contributed by atoms with van der Waals surface area (Å²) in [5.74, 6) is 1.71. The lowest BCUT2D eigenvalue weighted by atomic mass is 9.66. The molecule has 0 radical (unpaired) electrons. The van der Waals surface area contributed by atoms with E-state index in [-0.39, 0.29) is 0 Å². The van der Waals surface area contributed by atoms with Gasteiger partial charge in [0.25, 0.3) is 0 Å². The van der Waals surface area contributed by atoms with Crippen LogP contribution in [-0.4, -0.2) is 19.1 Å². The molecule has 2 aliphatic heterocycles. The highest BCUT2D eigenvalue weighted by Crippen LogP contribution is 2.44. The van der Waals surface area contributed by atoms with Gasteiger partial charge in [-0.1, -0.05) is 11.6 Å². The fourth-order valence-corrected chi connectivity index (χ4v) is 3.29. The SMILES string of the molecule is NCC1C2CC(C2)CN1c1ccc(Cl)cc1. The van der Waals surface area contributed by atoms with Gasteiger partial charge in [-0.05, 0) is 48.9 Å². The maximum absolute atomic E-state index is 5.92. The minimum absolute atomic E-state index is 0.533. The zero-order chi connectivity index (χ0) is 11.1. The van der Waals surface area contributed by atoms with Gasteiger partial charge in [-0.15, -0.1) is 0 Å². The number of nitrogens with zero attached hydrogens (tertiary/aromatic N) is 1. The second kappa shape index (κ2) is 3.94. The summed E-state index contributed by atoms with van der Waals surface area (Å²) in [6.07, 6.45) is 2.76. The van der Waals surface area contributed by atoms with Gasteiger partial charge in [0.2, 0.25) is 0 Å². The average Bonchev–Trinajstić information content (AvgIpc) is 2.28. The first-order valence-corrected chi connectivity index (χ1v) is 6.38. The minimum atomic E-state index is 0.533. The minimum Gasteiger partial charge on any atom is -0.367 e. The molecule has 86 valence electrons. The Morgan fingerprint density at radius 1 is 1.25 bits per heavy atom. The zero-order valence-corrected chi connectivity index (χ0v) is 10.0. The Morgan fingerprint density at radius 3 is 2.56 bits per heavy atom. The molecule has 1 atom stereocenters. The van der Waals surface area contributed by atoms with Gasteiger partial charge in [0, 0.05) is 29.8 Å². The van der Waals surface area contributed by atoms with Crippen molar-refractivity contribution in [3.05, 3.63) is 29.3 Å². The molecule has 2 nitrogen and oxygen atoms in total. The fourth-order valence-electron chi connectivity index (χ4n) is 3.17. The predicted octanol–water partition coefficient (Wildman–Crippen LogP) is 2.51. The molecule has 1 aliphatic carbocycles. The molecule has 2 heterocycles. The Balaban J connectivity index is 1.85. The normalized spacial score (nSPS) is 32.4. The van der Waals surface area contributed by atoms with Crippen LogP contribution in [0, 0.1) is 11.8 Å². The van der Waals surface area contributed by atoms with Gasteiger partial charge in [0.05, 0.1) is 0 Å². The van der Waals surface area contributed by atoms with Crippen LogP contribution in [0.25, 0.3) is 0 Å². The van der Waals surface area contributed by atoms with Gasteiger partial charge in [0.1, 0.15) is 0 Å². The first kappa shape index (κ1) is 10.4. The monoisotopic (exact) mass is 236 g/mol. The van der Waals surface area contributed by atoms with Crippen LogP contribution in [-0.2, 0) is 0 Å². The molecule has 0 aromatic heterocycles. The van der Waals surface area contributed by atoms with E-state index in [9.17, 15) is 0 Å². The van der Waals surface area contributed by atoms with Crippen LogP contribution in [0.2, 0.25) is 5.02 Å². The van der Waals surface area contributed by atoms with E-state index >= 15 is 0 Å². The number of hydrogen-bond acceptors (Lipinski definition) is 2. The number of rotatable bonds is 2. The largest absolute Gasteiger partial charge is 0.367 e. The molecular weight excluding hydrogens is 220 g/mol.